The minimum atomic E-state index is -0.383. The number of nitrogens with zero attached hydrogens (tertiary/aromatic N) is 2. The summed E-state index contributed by atoms with van der Waals surface area (Å²) in [5.41, 5.74) is 0.513. The first kappa shape index (κ1) is 25.0. The number of aromatic nitrogens is 1. The molecular weight excluding hydrogens is 448 g/mol. The first-order valence-electron chi connectivity index (χ1n) is 12.8. The van der Waals surface area contributed by atoms with Crippen LogP contribution in [0, 0.1) is 0 Å². The molecule has 4 rings (SSSR count). The third kappa shape index (κ3) is 5.78. The van der Waals surface area contributed by atoms with Crippen molar-refractivity contribution < 1.29 is 19.1 Å². The summed E-state index contributed by atoms with van der Waals surface area (Å²) in [6, 6.07) is 3.90. The average Bonchev–Trinajstić information content (AvgIpc) is 3.52. The molecule has 0 radical (unpaired) electrons. The zero-order valence-electron chi connectivity index (χ0n) is 20.7. The van der Waals surface area contributed by atoms with Crippen molar-refractivity contribution in [1.29, 1.82) is 0 Å². The molecule has 1 atom stereocenters. The van der Waals surface area contributed by atoms with Gasteiger partial charge in [0.05, 0.1) is 10.9 Å². The van der Waals surface area contributed by atoms with Gasteiger partial charge in [-0.05, 0) is 51.8 Å². The highest BCUT2D eigenvalue weighted by Crippen LogP contribution is 2.35. The molecule has 1 aromatic carbocycles. The number of unbranched alkanes of at least 4 members (excludes halogenated alkanes) is 2. The second-order valence-corrected chi connectivity index (χ2v) is 9.18. The summed E-state index contributed by atoms with van der Waals surface area (Å²) in [7, 11) is 0. The molecule has 2 aliphatic heterocycles. The van der Waals surface area contributed by atoms with Crippen LogP contribution in [-0.2, 0) is 11.3 Å². The van der Waals surface area contributed by atoms with Gasteiger partial charge in [0.2, 0.25) is 18.1 Å². The number of rotatable bonds is 11. The molecule has 0 saturated carbocycles. The fraction of sp³-hybridized carbons (Fsp3) is 0.577. The van der Waals surface area contributed by atoms with E-state index in [1.807, 2.05) is 11.5 Å². The van der Waals surface area contributed by atoms with Gasteiger partial charge in [-0.3, -0.25) is 19.3 Å². The summed E-state index contributed by atoms with van der Waals surface area (Å²) in [5.74, 6) is 0.830. The topological polar surface area (TPSA) is 102 Å². The van der Waals surface area contributed by atoms with Crippen LogP contribution >= 0.6 is 0 Å². The van der Waals surface area contributed by atoms with Gasteiger partial charge in [-0.1, -0.05) is 13.3 Å². The van der Waals surface area contributed by atoms with E-state index in [4.69, 9.17) is 9.47 Å². The Morgan fingerprint density at radius 1 is 1.06 bits per heavy atom. The number of likely N-dealkylation sites (N-methyl/N-ethyl adjacent to an activating group) is 1. The van der Waals surface area contributed by atoms with E-state index in [0.29, 0.717) is 48.0 Å². The van der Waals surface area contributed by atoms with Crippen LogP contribution in [0.25, 0.3) is 10.9 Å². The number of amides is 2. The number of pyridine rings is 1. The minimum Gasteiger partial charge on any atom is -0.454 e. The lowest BCUT2D eigenvalue weighted by atomic mass is 10.1. The van der Waals surface area contributed by atoms with Gasteiger partial charge >= 0.3 is 0 Å². The Kier molecular flexibility index (Phi) is 8.28. The Balaban J connectivity index is 1.23. The third-order valence-electron chi connectivity index (χ3n) is 6.97. The van der Waals surface area contributed by atoms with Crippen LogP contribution < -0.4 is 25.5 Å². The molecule has 1 aromatic heterocycles. The monoisotopic (exact) mass is 484 g/mol. The van der Waals surface area contributed by atoms with Crippen molar-refractivity contribution in [3.63, 3.8) is 0 Å². The molecule has 0 aliphatic carbocycles. The molecule has 0 spiro atoms. The maximum absolute atomic E-state index is 13.0. The van der Waals surface area contributed by atoms with E-state index in [1.165, 1.54) is 6.42 Å². The van der Waals surface area contributed by atoms with Gasteiger partial charge in [-0.25, -0.2) is 0 Å². The summed E-state index contributed by atoms with van der Waals surface area (Å²) in [6.07, 6.45) is 6.81. The zero-order valence-corrected chi connectivity index (χ0v) is 20.7. The molecule has 0 bridgehead atoms. The van der Waals surface area contributed by atoms with Gasteiger partial charge in [0.1, 0.15) is 5.56 Å². The number of fused-ring (bicyclic) bond motifs is 2. The first-order valence-corrected chi connectivity index (χ1v) is 12.8. The SMILES string of the molecule is CCN1CCC[C@@H]1CNC(=O)CCCCCNC(=O)c1cn(CC)c2cc3c(cc2c1=O)OCO3. The van der Waals surface area contributed by atoms with Crippen LogP contribution in [0.3, 0.4) is 0 Å². The number of carbonyl (C=O) groups excluding carboxylic acids is 2. The summed E-state index contributed by atoms with van der Waals surface area (Å²) in [4.78, 5) is 40.4. The van der Waals surface area contributed by atoms with Crippen LogP contribution in [0.4, 0.5) is 0 Å². The Hall–Kier alpha value is -3.07. The van der Waals surface area contributed by atoms with Crippen LogP contribution in [0.1, 0.15) is 62.7 Å². The number of aryl methyl sites for hydroxylation is 1. The summed E-state index contributed by atoms with van der Waals surface area (Å²) in [5, 5.41) is 6.36. The minimum absolute atomic E-state index is 0.0918. The van der Waals surface area contributed by atoms with Gasteiger partial charge in [-0.15, -0.1) is 0 Å². The lowest BCUT2D eigenvalue weighted by molar-refractivity contribution is -0.121. The number of carbonyl (C=O) groups is 2. The van der Waals surface area contributed by atoms with Crippen molar-refractivity contribution in [1.82, 2.24) is 20.1 Å². The number of likely N-dealkylation sites (tertiary alicyclic amines) is 1. The highest BCUT2D eigenvalue weighted by atomic mass is 16.7. The highest BCUT2D eigenvalue weighted by Gasteiger charge is 2.23. The van der Waals surface area contributed by atoms with Crippen molar-refractivity contribution in [2.24, 2.45) is 0 Å². The molecule has 9 nitrogen and oxygen atoms in total. The third-order valence-corrected chi connectivity index (χ3v) is 6.97. The Morgan fingerprint density at radius 3 is 2.63 bits per heavy atom. The van der Waals surface area contributed by atoms with Crippen molar-refractivity contribution >= 4 is 22.7 Å². The Morgan fingerprint density at radius 2 is 1.86 bits per heavy atom. The number of hydrogen-bond donors (Lipinski definition) is 2. The average molecular weight is 485 g/mol. The second-order valence-electron chi connectivity index (χ2n) is 9.18. The first-order chi connectivity index (χ1) is 17.0. The summed E-state index contributed by atoms with van der Waals surface area (Å²) >= 11 is 0. The standard InChI is InChI=1S/C26H36N4O5/c1-3-29-12-8-9-18(29)15-28-24(31)10-6-5-7-11-27-26(33)20-16-30(4-2)21-14-23-22(34-17-35-23)13-19(21)25(20)32/h13-14,16,18H,3-12,15,17H2,1-2H3,(H,27,33)(H,28,31)/t18-/m1/s1. The van der Waals surface area contributed by atoms with E-state index in [9.17, 15) is 14.4 Å². The number of benzene rings is 1. The van der Waals surface area contributed by atoms with Crippen molar-refractivity contribution in [3.05, 3.63) is 34.1 Å². The molecule has 2 amide bonds. The molecule has 2 aliphatic rings. The summed E-state index contributed by atoms with van der Waals surface area (Å²) < 4.78 is 12.7. The Labute approximate surface area is 205 Å². The predicted octanol–water partition coefficient (Wildman–Crippen LogP) is 2.64. The number of ether oxygens (including phenoxy) is 2. The van der Waals surface area contributed by atoms with Gasteiger partial charge in [0, 0.05) is 44.4 Å². The largest absolute Gasteiger partial charge is 0.454 e. The predicted molar refractivity (Wildman–Crippen MR) is 134 cm³/mol. The second kappa shape index (κ2) is 11.6. The van der Waals surface area contributed by atoms with Gasteiger partial charge < -0.3 is 24.7 Å². The van der Waals surface area contributed by atoms with E-state index in [2.05, 4.69) is 22.5 Å². The van der Waals surface area contributed by atoms with E-state index in [0.717, 1.165) is 45.3 Å². The lowest BCUT2D eigenvalue weighted by Crippen LogP contribution is -2.39. The normalized spacial score (nSPS) is 17.1. The van der Waals surface area contributed by atoms with E-state index in [-0.39, 0.29) is 29.6 Å². The Bertz CT molecular complexity index is 1130. The molecule has 2 aromatic rings. The van der Waals surface area contributed by atoms with Crippen LogP contribution in [0.2, 0.25) is 0 Å². The smallest absolute Gasteiger partial charge is 0.256 e. The highest BCUT2D eigenvalue weighted by molar-refractivity contribution is 5.97. The molecule has 3 heterocycles. The molecule has 190 valence electrons. The molecule has 9 heteroatoms. The van der Waals surface area contributed by atoms with Crippen molar-refractivity contribution in [3.8, 4) is 11.5 Å². The summed E-state index contributed by atoms with van der Waals surface area (Å²) in [6.45, 7) is 8.19. The maximum Gasteiger partial charge on any atom is 0.256 e. The molecule has 1 fully saturated rings. The van der Waals surface area contributed by atoms with Crippen LogP contribution in [0.15, 0.2) is 23.1 Å². The van der Waals surface area contributed by atoms with Gasteiger partial charge in [0.25, 0.3) is 5.91 Å². The fourth-order valence-corrected chi connectivity index (χ4v) is 4.95. The fourth-order valence-electron chi connectivity index (χ4n) is 4.95. The lowest BCUT2D eigenvalue weighted by Gasteiger charge is -2.22. The number of nitrogens with one attached hydrogen (secondary N) is 2. The van der Waals surface area contributed by atoms with Crippen molar-refractivity contribution in [2.75, 3.05) is 33.0 Å². The molecule has 35 heavy (non-hydrogen) atoms. The van der Waals surface area contributed by atoms with Crippen LogP contribution in [0.5, 0.6) is 11.5 Å². The number of hydrogen-bond acceptors (Lipinski definition) is 6. The van der Waals surface area contributed by atoms with E-state index < -0.39 is 0 Å². The molecule has 0 unspecified atom stereocenters. The van der Waals surface area contributed by atoms with Gasteiger partial charge in [0.15, 0.2) is 11.5 Å². The maximum atomic E-state index is 13.0. The quantitative estimate of drug-likeness (QED) is 0.476. The molecule has 1 saturated heterocycles. The van der Waals surface area contributed by atoms with Gasteiger partial charge in [-0.2, -0.15) is 0 Å². The van der Waals surface area contributed by atoms with E-state index in [1.54, 1.807) is 18.3 Å². The zero-order chi connectivity index (χ0) is 24.8. The van der Waals surface area contributed by atoms with Crippen molar-refractivity contribution in [2.45, 2.75) is 65.0 Å². The van der Waals surface area contributed by atoms with Crippen LogP contribution in [-0.4, -0.2) is 60.3 Å². The molecular formula is C26H36N4O5. The van der Waals surface area contributed by atoms with E-state index >= 15 is 0 Å². The molecule has 2 N–H and O–H groups in total.